The summed E-state index contributed by atoms with van der Waals surface area (Å²) in [7, 11) is -3.59. The van der Waals surface area contributed by atoms with Crippen molar-refractivity contribution >= 4 is 10.1 Å². The van der Waals surface area contributed by atoms with Crippen LogP contribution in [0.4, 0.5) is 22.0 Å². The monoisotopic (exact) mass is 284 g/mol. The van der Waals surface area contributed by atoms with Crippen molar-refractivity contribution in [3.8, 4) is 0 Å². The van der Waals surface area contributed by atoms with Crippen LogP contribution < -0.4 is 0 Å². The highest BCUT2D eigenvalue weighted by molar-refractivity contribution is 7.85. The maximum absolute atomic E-state index is 12.4. The van der Waals surface area contributed by atoms with Crippen molar-refractivity contribution in [3.63, 3.8) is 0 Å². The molecule has 3 nitrogen and oxygen atoms in total. The van der Waals surface area contributed by atoms with Crippen molar-refractivity contribution in [1.29, 1.82) is 0 Å². The molecule has 9 heteroatoms. The van der Waals surface area contributed by atoms with Crippen LogP contribution in [0.25, 0.3) is 0 Å². The van der Waals surface area contributed by atoms with Gasteiger partial charge in [-0.2, -0.15) is 30.4 Å². The molecule has 0 aliphatic rings. The number of hydrogen-bond acceptors (Lipinski definition) is 3. The molecule has 0 aromatic carbocycles. The molecule has 0 rings (SSSR count). The Morgan fingerprint density at radius 3 is 1.94 bits per heavy atom. The molecule has 0 unspecified atom stereocenters. The zero-order valence-electron chi connectivity index (χ0n) is 9.06. The van der Waals surface area contributed by atoms with Crippen LogP contribution in [-0.4, -0.2) is 33.4 Å². The Morgan fingerprint density at radius 2 is 1.53 bits per heavy atom. The fourth-order valence-corrected chi connectivity index (χ4v) is 1.40. The molecule has 0 fully saturated rings. The Kier molecular flexibility index (Phi) is 5.79. The summed E-state index contributed by atoms with van der Waals surface area (Å²) in [4.78, 5) is 0. The van der Waals surface area contributed by atoms with Crippen molar-refractivity contribution in [2.75, 3.05) is 12.9 Å². The summed E-state index contributed by atoms with van der Waals surface area (Å²) in [6.07, 6.45) is -6.20. The molecule has 0 radical (unpaired) electrons. The lowest BCUT2D eigenvalue weighted by Gasteiger charge is -2.19. The van der Waals surface area contributed by atoms with Gasteiger partial charge in [-0.25, -0.2) is 0 Å². The Bertz CT molecular complexity index is 323. The summed E-state index contributed by atoms with van der Waals surface area (Å²) in [6.45, 7) is -0.212. The van der Waals surface area contributed by atoms with Crippen LogP contribution in [0.5, 0.6) is 0 Å². The lowest BCUT2D eigenvalue weighted by molar-refractivity contribution is -0.284. The van der Waals surface area contributed by atoms with Gasteiger partial charge < -0.3 is 0 Å². The van der Waals surface area contributed by atoms with E-state index in [4.69, 9.17) is 0 Å². The zero-order chi connectivity index (χ0) is 13.7. The Morgan fingerprint density at radius 1 is 1.00 bits per heavy atom. The predicted molar refractivity (Wildman–Crippen MR) is 50.3 cm³/mol. The van der Waals surface area contributed by atoms with Gasteiger partial charge in [0.25, 0.3) is 10.1 Å². The zero-order valence-corrected chi connectivity index (χ0v) is 9.87. The van der Waals surface area contributed by atoms with E-state index in [1.807, 2.05) is 0 Å². The maximum Gasteiger partial charge on any atom is 0.453 e. The summed E-state index contributed by atoms with van der Waals surface area (Å²) in [5, 5.41) is 0. The third-order valence-electron chi connectivity index (χ3n) is 1.85. The minimum atomic E-state index is -5.53. The average molecular weight is 284 g/mol. The first kappa shape index (κ1) is 16.6. The highest BCUT2D eigenvalue weighted by Crippen LogP contribution is 2.39. The fourth-order valence-electron chi connectivity index (χ4n) is 0.978. The summed E-state index contributed by atoms with van der Waals surface area (Å²) >= 11 is 0. The molecule has 0 amide bonds. The van der Waals surface area contributed by atoms with E-state index in [0.29, 0.717) is 0 Å². The molecule has 0 saturated heterocycles. The second-order valence-corrected chi connectivity index (χ2v) is 5.18. The van der Waals surface area contributed by atoms with Gasteiger partial charge in [-0.1, -0.05) is 6.42 Å². The number of rotatable bonds is 7. The molecule has 0 spiro atoms. The predicted octanol–water partition coefficient (Wildman–Crippen LogP) is 2.72. The van der Waals surface area contributed by atoms with E-state index in [1.165, 1.54) is 0 Å². The van der Waals surface area contributed by atoms with Crippen molar-refractivity contribution in [1.82, 2.24) is 0 Å². The molecule has 0 atom stereocenters. The van der Waals surface area contributed by atoms with Gasteiger partial charge in [-0.3, -0.25) is 4.18 Å². The largest absolute Gasteiger partial charge is 0.453 e. The first-order valence-corrected chi connectivity index (χ1v) is 6.56. The van der Waals surface area contributed by atoms with Crippen molar-refractivity contribution in [2.24, 2.45) is 0 Å². The molecule has 0 N–H and O–H groups in total. The van der Waals surface area contributed by atoms with Gasteiger partial charge in [0, 0.05) is 6.42 Å². The van der Waals surface area contributed by atoms with Crippen molar-refractivity contribution in [2.45, 2.75) is 37.8 Å². The molecule has 104 valence electrons. The molecule has 17 heavy (non-hydrogen) atoms. The average Bonchev–Trinajstić information content (AvgIpc) is 2.07. The standard InChI is InChI=1S/C8H13F5O3S/c1-17(14,15)16-6-4-2-3-5-7(9,10)8(11,12)13/h2-6H2,1H3. The van der Waals surface area contributed by atoms with Crippen LogP contribution in [0.3, 0.4) is 0 Å². The topological polar surface area (TPSA) is 43.4 Å². The Balaban J connectivity index is 3.73. The van der Waals surface area contributed by atoms with Crippen LogP contribution in [0, 0.1) is 0 Å². The number of hydrogen-bond donors (Lipinski definition) is 0. The minimum Gasteiger partial charge on any atom is -0.270 e. The summed E-state index contributed by atoms with van der Waals surface area (Å²) < 4.78 is 85.1. The lowest BCUT2D eigenvalue weighted by atomic mass is 10.1. The van der Waals surface area contributed by atoms with E-state index < -0.39 is 28.6 Å². The second kappa shape index (κ2) is 5.94. The van der Waals surface area contributed by atoms with Crippen LogP contribution in [0.1, 0.15) is 25.7 Å². The van der Waals surface area contributed by atoms with E-state index in [9.17, 15) is 30.4 Å². The SMILES string of the molecule is CS(=O)(=O)OCCCCCC(F)(F)C(F)(F)F. The van der Waals surface area contributed by atoms with Crippen molar-refractivity contribution in [3.05, 3.63) is 0 Å². The third kappa shape index (κ3) is 7.48. The Labute approximate surface area is 96.1 Å². The molecular weight excluding hydrogens is 271 g/mol. The quantitative estimate of drug-likeness (QED) is 0.410. The van der Waals surface area contributed by atoms with E-state index in [-0.39, 0.29) is 25.9 Å². The van der Waals surface area contributed by atoms with Gasteiger partial charge in [-0.15, -0.1) is 0 Å². The van der Waals surface area contributed by atoms with Gasteiger partial charge in [0.15, 0.2) is 0 Å². The highest BCUT2D eigenvalue weighted by atomic mass is 32.2. The van der Waals surface area contributed by atoms with Crippen LogP contribution in [0.15, 0.2) is 0 Å². The van der Waals surface area contributed by atoms with E-state index >= 15 is 0 Å². The molecule has 0 heterocycles. The normalized spacial score (nSPS) is 14.0. The second-order valence-electron chi connectivity index (χ2n) is 3.54. The van der Waals surface area contributed by atoms with E-state index in [2.05, 4.69) is 4.18 Å². The van der Waals surface area contributed by atoms with Gasteiger partial charge in [-0.05, 0) is 12.8 Å². The number of alkyl halides is 5. The number of halogens is 5. The van der Waals surface area contributed by atoms with E-state index in [1.54, 1.807) is 0 Å². The van der Waals surface area contributed by atoms with Crippen molar-refractivity contribution < 1.29 is 34.6 Å². The first-order chi connectivity index (χ1) is 7.46. The van der Waals surface area contributed by atoms with Gasteiger partial charge >= 0.3 is 12.1 Å². The Hall–Kier alpha value is -0.440. The minimum absolute atomic E-state index is 0.0428. The van der Waals surface area contributed by atoms with Gasteiger partial charge in [0.1, 0.15) is 0 Å². The lowest BCUT2D eigenvalue weighted by Crippen LogP contribution is -2.36. The van der Waals surface area contributed by atoms with Crippen LogP contribution in [0.2, 0.25) is 0 Å². The summed E-state index contributed by atoms with van der Waals surface area (Å²) in [6, 6.07) is 0. The molecule has 0 aliphatic carbocycles. The van der Waals surface area contributed by atoms with Gasteiger partial charge in [0.2, 0.25) is 0 Å². The number of unbranched alkanes of at least 4 members (excludes halogenated alkanes) is 2. The fraction of sp³-hybridized carbons (Fsp3) is 1.00. The molecular formula is C8H13F5O3S. The maximum atomic E-state index is 12.4. The molecule has 0 aromatic rings. The molecule has 0 saturated carbocycles. The van der Waals surface area contributed by atoms with Gasteiger partial charge in [0.05, 0.1) is 12.9 Å². The molecule has 0 bridgehead atoms. The first-order valence-electron chi connectivity index (χ1n) is 4.75. The van der Waals surface area contributed by atoms with Crippen LogP contribution in [-0.2, 0) is 14.3 Å². The molecule has 0 aliphatic heterocycles. The highest BCUT2D eigenvalue weighted by Gasteiger charge is 2.56. The van der Waals surface area contributed by atoms with E-state index in [0.717, 1.165) is 6.26 Å². The summed E-state index contributed by atoms with van der Waals surface area (Å²) in [5.41, 5.74) is 0. The third-order valence-corrected chi connectivity index (χ3v) is 2.44. The molecule has 0 aromatic heterocycles. The van der Waals surface area contributed by atoms with Crippen LogP contribution >= 0.6 is 0 Å². The summed E-state index contributed by atoms with van der Waals surface area (Å²) in [5.74, 6) is -4.69. The smallest absolute Gasteiger partial charge is 0.270 e.